The van der Waals surface area contributed by atoms with E-state index in [1.807, 2.05) is 0 Å². The van der Waals surface area contributed by atoms with Crippen molar-refractivity contribution in [3.05, 3.63) is 6.92 Å². The molecule has 0 aliphatic rings. The van der Waals surface area contributed by atoms with Crippen molar-refractivity contribution in [1.82, 2.24) is 0 Å². The molecule has 0 aliphatic heterocycles. The molecule has 1 heteroatoms. The van der Waals surface area contributed by atoms with Crippen LogP contribution < -0.4 is 0 Å². The molecule has 0 rings (SSSR count). The van der Waals surface area contributed by atoms with Gasteiger partial charge in [0.25, 0.3) is 0 Å². The first-order valence-corrected chi connectivity index (χ1v) is 5.71. The van der Waals surface area contributed by atoms with Gasteiger partial charge in [0, 0.05) is 0 Å². The Morgan fingerprint density at radius 2 is 1.08 bits per heavy atom. The normalized spacial score (nSPS) is 9.69. The second-order valence-electron chi connectivity index (χ2n) is 3.68. The minimum atomic E-state index is 0. The van der Waals surface area contributed by atoms with Gasteiger partial charge in [-0.3, -0.25) is 0 Å². The zero-order chi connectivity index (χ0) is 9.07. The third kappa shape index (κ3) is 16.3. The molecular weight excluding hydrogens is 183 g/mol. The minimum absolute atomic E-state index is 0. The van der Waals surface area contributed by atoms with Gasteiger partial charge in [-0.25, -0.2) is 0 Å². The van der Waals surface area contributed by atoms with Crippen LogP contribution in [0.25, 0.3) is 0 Å². The fourth-order valence-electron chi connectivity index (χ4n) is 1.49. The fraction of sp³-hybridized carbons (Fsp3) is 0.917. The van der Waals surface area contributed by atoms with Crippen molar-refractivity contribution in [2.75, 3.05) is 0 Å². The van der Waals surface area contributed by atoms with Crippen LogP contribution in [-0.4, -0.2) is 51.4 Å². The standard InChI is InChI=1S/C12H25.K.H/c1-3-5-7-9-11-12-10-8-6-4-2;;/h1,3-12H2,2H3;;. The summed E-state index contributed by atoms with van der Waals surface area (Å²) in [4.78, 5) is 0. The summed E-state index contributed by atoms with van der Waals surface area (Å²) >= 11 is 0. The Bertz CT molecular complexity index is 61.5. The molecule has 0 saturated heterocycles. The molecule has 0 saturated carbocycles. The first-order valence-electron chi connectivity index (χ1n) is 5.71. The van der Waals surface area contributed by atoms with Crippen molar-refractivity contribution >= 4 is 51.4 Å². The van der Waals surface area contributed by atoms with E-state index in [1.165, 1.54) is 57.8 Å². The molecule has 0 bridgehead atoms. The molecule has 0 spiro atoms. The average molecular weight is 209 g/mol. The Morgan fingerprint density at radius 1 is 0.692 bits per heavy atom. The van der Waals surface area contributed by atoms with E-state index in [4.69, 9.17) is 0 Å². The first kappa shape index (κ1) is 17.0. The van der Waals surface area contributed by atoms with Gasteiger partial charge in [-0.2, -0.15) is 0 Å². The van der Waals surface area contributed by atoms with Gasteiger partial charge < -0.3 is 0 Å². The zero-order valence-electron chi connectivity index (χ0n) is 8.78. The summed E-state index contributed by atoms with van der Waals surface area (Å²) in [6, 6.07) is 0. The van der Waals surface area contributed by atoms with Crippen LogP contribution in [0.1, 0.15) is 71.1 Å². The van der Waals surface area contributed by atoms with Crippen LogP contribution in [0.5, 0.6) is 0 Å². The molecule has 0 unspecified atom stereocenters. The van der Waals surface area contributed by atoms with E-state index >= 15 is 0 Å². The van der Waals surface area contributed by atoms with Gasteiger partial charge in [-0.15, -0.1) is 0 Å². The molecule has 75 valence electrons. The van der Waals surface area contributed by atoms with E-state index in [9.17, 15) is 0 Å². The van der Waals surface area contributed by atoms with Crippen LogP contribution in [0.3, 0.4) is 0 Å². The molecule has 0 fully saturated rings. The van der Waals surface area contributed by atoms with Crippen molar-refractivity contribution in [2.24, 2.45) is 0 Å². The van der Waals surface area contributed by atoms with Crippen molar-refractivity contribution in [1.29, 1.82) is 0 Å². The molecule has 0 atom stereocenters. The van der Waals surface area contributed by atoms with Gasteiger partial charge in [0.05, 0.1) is 0 Å². The van der Waals surface area contributed by atoms with Crippen molar-refractivity contribution in [3.63, 3.8) is 0 Å². The van der Waals surface area contributed by atoms with E-state index in [-0.39, 0.29) is 51.4 Å². The maximum absolute atomic E-state index is 3.84. The Balaban J connectivity index is 0. The second kappa shape index (κ2) is 16.1. The predicted molar refractivity (Wildman–Crippen MR) is 64.4 cm³/mol. The van der Waals surface area contributed by atoms with Crippen LogP contribution in [0, 0.1) is 6.92 Å². The Kier molecular flexibility index (Phi) is 21.1. The summed E-state index contributed by atoms with van der Waals surface area (Å²) < 4.78 is 0. The number of hydrogen-bond acceptors (Lipinski definition) is 0. The van der Waals surface area contributed by atoms with Crippen molar-refractivity contribution in [3.8, 4) is 0 Å². The number of rotatable bonds is 9. The summed E-state index contributed by atoms with van der Waals surface area (Å²) in [6.07, 6.45) is 13.9. The van der Waals surface area contributed by atoms with E-state index < -0.39 is 0 Å². The van der Waals surface area contributed by atoms with Crippen molar-refractivity contribution < 1.29 is 0 Å². The molecule has 1 radical (unpaired) electrons. The zero-order valence-corrected chi connectivity index (χ0v) is 8.78. The van der Waals surface area contributed by atoms with Gasteiger partial charge in [0.1, 0.15) is 0 Å². The SMILES string of the molecule is [CH2]CCCCCCCCCCC.[KH]. The summed E-state index contributed by atoms with van der Waals surface area (Å²) in [5, 5.41) is 0. The monoisotopic (exact) mass is 209 g/mol. The van der Waals surface area contributed by atoms with Gasteiger partial charge in [0.15, 0.2) is 0 Å². The van der Waals surface area contributed by atoms with E-state index in [1.54, 1.807) is 0 Å². The predicted octanol–water partition coefficient (Wildman–Crippen LogP) is 4.09. The summed E-state index contributed by atoms with van der Waals surface area (Å²) in [7, 11) is 0. The molecule has 0 aliphatic carbocycles. The molecule has 0 aromatic heterocycles. The van der Waals surface area contributed by atoms with Crippen LogP contribution in [0.4, 0.5) is 0 Å². The van der Waals surface area contributed by atoms with Crippen LogP contribution in [0.2, 0.25) is 0 Å². The number of unbranched alkanes of at least 4 members (excludes halogenated alkanes) is 9. The molecule has 0 N–H and O–H groups in total. The topological polar surface area (TPSA) is 0 Å². The molecule has 0 aromatic rings. The molecule has 0 heterocycles. The third-order valence-corrected chi connectivity index (χ3v) is 2.35. The Labute approximate surface area is 128 Å². The van der Waals surface area contributed by atoms with Gasteiger partial charge in [-0.05, 0) is 0 Å². The average Bonchev–Trinajstić information content (AvgIpc) is 2.10. The Hall–Kier alpha value is 1.64. The maximum atomic E-state index is 3.84. The van der Waals surface area contributed by atoms with Crippen LogP contribution >= 0.6 is 0 Å². The van der Waals surface area contributed by atoms with E-state index in [2.05, 4.69) is 13.8 Å². The summed E-state index contributed by atoms with van der Waals surface area (Å²) in [5.74, 6) is 0. The van der Waals surface area contributed by atoms with Crippen LogP contribution in [0.15, 0.2) is 0 Å². The quantitative estimate of drug-likeness (QED) is 0.396. The van der Waals surface area contributed by atoms with Gasteiger partial charge in [-0.1, -0.05) is 78.1 Å². The van der Waals surface area contributed by atoms with E-state index in [0.29, 0.717) is 0 Å². The number of hydrogen-bond donors (Lipinski definition) is 0. The Morgan fingerprint density at radius 3 is 1.46 bits per heavy atom. The van der Waals surface area contributed by atoms with E-state index in [0.717, 1.165) is 6.42 Å². The van der Waals surface area contributed by atoms with Crippen LogP contribution in [-0.2, 0) is 0 Å². The molecule has 13 heavy (non-hydrogen) atoms. The summed E-state index contributed by atoms with van der Waals surface area (Å²) in [6.45, 7) is 6.12. The van der Waals surface area contributed by atoms with Gasteiger partial charge in [0.2, 0.25) is 0 Å². The molecular formula is C12H26K. The second-order valence-corrected chi connectivity index (χ2v) is 3.68. The fourth-order valence-corrected chi connectivity index (χ4v) is 1.49. The van der Waals surface area contributed by atoms with Gasteiger partial charge >= 0.3 is 51.4 Å². The first-order chi connectivity index (χ1) is 5.91. The van der Waals surface area contributed by atoms with Crippen molar-refractivity contribution in [2.45, 2.75) is 71.1 Å². The molecule has 0 aromatic carbocycles. The molecule has 0 amide bonds. The third-order valence-electron chi connectivity index (χ3n) is 2.35. The summed E-state index contributed by atoms with van der Waals surface area (Å²) in [5.41, 5.74) is 0. The molecule has 0 nitrogen and oxygen atoms in total.